The highest BCUT2D eigenvalue weighted by Gasteiger charge is 2.15. The molecule has 18 heavy (non-hydrogen) atoms. The van der Waals surface area contributed by atoms with Crippen molar-refractivity contribution in [1.82, 2.24) is 0 Å². The van der Waals surface area contributed by atoms with E-state index in [0.29, 0.717) is 19.4 Å². The molecule has 0 heterocycles. The fraction of sp³-hybridized carbons (Fsp3) is 0.667. The molecule has 6 heteroatoms. The normalized spacial score (nSPS) is 10.1. The third-order valence-corrected chi connectivity index (χ3v) is 2.35. The summed E-state index contributed by atoms with van der Waals surface area (Å²) in [6, 6.07) is 0. The van der Waals surface area contributed by atoms with Gasteiger partial charge in [0.05, 0.1) is 19.3 Å². The minimum absolute atomic E-state index is 0.180. The predicted octanol–water partition coefficient (Wildman–Crippen LogP) is 1.14. The zero-order chi connectivity index (χ0) is 14.0. The van der Waals surface area contributed by atoms with Gasteiger partial charge in [-0.15, -0.1) is 12.6 Å². The molecule has 0 saturated carbocycles. The number of Topliss-reactive ketones (excluding diaryl/α,β-unsaturated/α-hetero) is 3. The molecule has 0 aromatic heterocycles. The maximum absolute atomic E-state index is 11.4. The van der Waals surface area contributed by atoms with Gasteiger partial charge in [0, 0.05) is 20.1 Å². The van der Waals surface area contributed by atoms with E-state index in [1.54, 1.807) is 7.11 Å². The summed E-state index contributed by atoms with van der Waals surface area (Å²) in [5.74, 6) is -1.11. The van der Waals surface area contributed by atoms with Crippen LogP contribution in [0, 0.1) is 0 Å². The van der Waals surface area contributed by atoms with E-state index in [0.717, 1.165) is 6.42 Å². The van der Waals surface area contributed by atoms with Crippen LogP contribution in [-0.4, -0.2) is 36.2 Å². The number of hydrogen-bond donors (Lipinski definition) is 1. The molecule has 0 fully saturated rings. The quantitative estimate of drug-likeness (QED) is 0.347. The van der Waals surface area contributed by atoms with Crippen molar-refractivity contribution in [2.24, 2.45) is 0 Å². The molecule has 0 aliphatic rings. The summed E-state index contributed by atoms with van der Waals surface area (Å²) in [6.45, 7) is 0.587. The zero-order valence-electron chi connectivity index (χ0n) is 10.4. The molecule has 0 unspecified atom stereocenters. The smallest absolute Gasteiger partial charge is 0.193 e. The molecule has 102 valence electrons. The van der Waals surface area contributed by atoms with E-state index in [2.05, 4.69) is 12.6 Å². The molecule has 0 spiro atoms. The standard InChI is InChI=1S/C12H18O5S/c1-17-5-3-2-4-9(13)6-10(14)7-11(15)8-12(16)18/h2-8H2,1H3,(H,16,18). The van der Waals surface area contributed by atoms with Gasteiger partial charge in [0.2, 0.25) is 0 Å². The summed E-state index contributed by atoms with van der Waals surface area (Å²) in [4.78, 5) is 44.3. The second kappa shape index (κ2) is 9.96. The van der Waals surface area contributed by atoms with Crippen LogP contribution in [0.4, 0.5) is 0 Å². The lowest BCUT2D eigenvalue weighted by Crippen LogP contribution is -2.14. The Kier molecular flexibility index (Phi) is 9.40. The summed E-state index contributed by atoms with van der Waals surface area (Å²) in [7, 11) is 1.58. The Balaban J connectivity index is 3.76. The van der Waals surface area contributed by atoms with Gasteiger partial charge in [0.25, 0.3) is 0 Å². The van der Waals surface area contributed by atoms with E-state index in [4.69, 9.17) is 4.74 Å². The number of ether oxygens (including phenoxy) is 1. The van der Waals surface area contributed by atoms with Gasteiger partial charge in [-0.25, -0.2) is 0 Å². The Morgan fingerprint density at radius 3 is 2.00 bits per heavy atom. The van der Waals surface area contributed by atoms with Crippen LogP contribution in [-0.2, 0) is 23.9 Å². The Morgan fingerprint density at radius 1 is 0.889 bits per heavy atom. The maximum atomic E-state index is 11.4. The Labute approximate surface area is 112 Å². The number of hydrogen-bond acceptors (Lipinski definition) is 5. The molecule has 0 rings (SSSR count). The predicted molar refractivity (Wildman–Crippen MR) is 68.6 cm³/mol. The Morgan fingerprint density at radius 2 is 1.44 bits per heavy atom. The Hall–Kier alpha value is -1.01. The average molecular weight is 274 g/mol. The minimum Gasteiger partial charge on any atom is -0.385 e. The van der Waals surface area contributed by atoms with E-state index < -0.39 is 16.7 Å². The summed E-state index contributed by atoms with van der Waals surface area (Å²) in [5.41, 5.74) is 0. The molecule has 5 nitrogen and oxygen atoms in total. The lowest BCUT2D eigenvalue weighted by atomic mass is 10.0. The molecule has 0 amide bonds. The molecule has 0 atom stereocenters. The number of unbranched alkanes of at least 4 members (excludes halogenated alkanes) is 1. The molecule has 0 saturated heterocycles. The van der Waals surface area contributed by atoms with Gasteiger partial charge < -0.3 is 4.74 Å². The number of methoxy groups -OCH3 is 1. The van der Waals surface area contributed by atoms with Crippen molar-refractivity contribution in [2.75, 3.05) is 13.7 Å². The van der Waals surface area contributed by atoms with Gasteiger partial charge >= 0.3 is 0 Å². The first kappa shape index (κ1) is 17.0. The van der Waals surface area contributed by atoms with Crippen LogP contribution in [0.5, 0.6) is 0 Å². The van der Waals surface area contributed by atoms with Crippen molar-refractivity contribution in [3.63, 3.8) is 0 Å². The van der Waals surface area contributed by atoms with Gasteiger partial charge in [-0.3, -0.25) is 19.2 Å². The number of carbonyl (C=O) groups excluding carboxylic acids is 4. The minimum atomic E-state index is -0.571. The highest BCUT2D eigenvalue weighted by atomic mass is 32.1. The molecule has 0 N–H and O–H groups in total. The highest BCUT2D eigenvalue weighted by Crippen LogP contribution is 2.03. The van der Waals surface area contributed by atoms with E-state index in [1.165, 1.54) is 0 Å². The zero-order valence-corrected chi connectivity index (χ0v) is 11.3. The van der Waals surface area contributed by atoms with Crippen molar-refractivity contribution >= 4 is 35.1 Å². The second-order valence-corrected chi connectivity index (χ2v) is 4.49. The van der Waals surface area contributed by atoms with E-state index in [1.807, 2.05) is 0 Å². The number of rotatable bonds is 11. The van der Waals surface area contributed by atoms with Crippen LogP contribution in [0.25, 0.3) is 0 Å². The molecular formula is C12H18O5S. The van der Waals surface area contributed by atoms with E-state index in [-0.39, 0.29) is 25.0 Å². The summed E-state index contributed by atoms with van der Waals surface area (Å²) in [6.07, 6.45) is 0.786. The maximum Gasteiger partial charge on any atom is 0.193 e. The first-order valence-electron chi connectivity index (χ1n) is 5.71. The molecule has 0 aliphatic carbocycles. The topological polar surface area (TPSA) is 77.5 Å². The van der Waals surface area contributed by atoms with E-state index in [9.17, 15) is 19.2 Å². The fourth-order valence-corrected chi connectivity index (χ4v) is 1.57. The molecule has 0 aromatic carbocycles. The van der Waals surface area contributed by atoms with Crippen molar-refractivity contribution < 1.29 is 23.9 Å². The van der Waals surface area contributed by atoms with Crippen molar-refractivity contribution in [1.29, 1.82) is 0 Å². The highest BCUT2D eigenvalue weighted by molar-refractivity contribution is 7.96. The van der Waals surface area contributed by atoms with Gasteiger partial charge in [0.15, 0.2) is 5.12 Å². The van der Waals surface area contributed by atoms with Crippen molar-refractivity contribution in [2.45, 2.75) is 38.5 Å². The van der Waals surface area contributed by atoms with Crippen LogP contribution in [0.2, 0.25) is 0 Å². The van der Waals surface area contributed by atoms with Crippen LogP contribution in [0.1, 0.15) is 38.5 Å². The van der Waals surface area contributed by atoms with Crippen molar-refractivity contribution in [3.8, 4) is 0 Å². The molecule has 0 aromatic rings. The Bertz CT molecular complexity index is 324. The third kappa shape index (κ3) is 10.2. The van der Waals surface area contributed by atoms with Gasteiger partial charge in [-0.1, -0.05) is 0 Å². The summed E-state index contributed by atoms with van der Waals surface area (Å²) in [5, 5.41) is -0.571. The van der Waals surface area contributed by atoms with E-state index >= 15 is 0 Å². The number of carbonyl (C=O) groups is 4. The monoisotopic (exact) mass is 274 g/mol. The largest absolute Gasteiger partial charge is 0.385 e. The third-order valence-electron chi connectivity index (χ3n) is 2.19. The average Bonchev–Trinajstić information content (AvgIpc) is 2.22. The number of ketones is 3. The first-order valence-corrected chi connectivity index (χ1v) is 6.16. The summed E-state index contributed by atoms with van der Waals surface area (Å²) < 4.78 is 4.83. The SMILES string of the molecule is COCCCCC(=O)CC(=O)CC(=O)CC(=O)S. The van der Waals surface area contributed by atoms with Gasteiger partial charge in [-0.05, 0) is 12.8 Å². The van der Waals surface area contributed by atoms with Crippen LogP contribution in [0.3, 0.4) is 0 Å². The van der Waals surface area contributed by atoms with Crippen molar-refractivity contribution in [3.05, 3.63) is 0 Å². The lowest BCUT2D eigenvalue weighted by molar-refractivity contribution is -0.130. The molecule has 0 bridgehead atoms. The molecular weight excluding hydrogens is 256 g/mol. The number of thiol groups is 1. The lowest BCUT2D eigenvalue weighted by Gasteiger charge is -2.00. The summed E-state index contributed by atoms with van der Waals surface area (Å²) >= 11 is 3.45. The van der Waals surface area contributed by atoms with Gasteiger partial charge in [0.1, 0.15) is 17.3 Å². The second-order valence-electron chi connectivity index (χ2n) is 3.99. The van der Waals surface area contributed by atoms with Crippen LogP contribution < -0.4 is 0 Å². The van der Waals surface area contributed by atoms with Gasteiger partial charge in [-0.2, -0.15) is 0 Å². The van der Waals surface area contributed by atoms with Crippen LogP contribution >= 0.6 is 12.6 Å². The first-order chi connectivity index (χ1) is 8.45. The fourth-order valence-electron chi connectivity index (χ4n) is 1.39. The molecule has 0 radical (unpaired) electrons. The molecule has 0 aliphatic heterocycles. The van der Waals surface area contributed by atoms with Crippen LogP contribution in [0.15, 0.2) is 0 Å².